The lowest BCUT2D eigenvalue weighted by Gasteiger charge is -2.22. The normalized spacial score (nSPS) is 14.6. The van der Waals surface area contributed by atoms with Gasteiger partial charge in [0, 0.05) is 37.4 Å². The molecule has 1 aliphatic heterocycles. The van der Waals surface area contributed by atoms with E-state index in [1.54, 1.807) is 40.1 Å². The second kappa shape index (κ2) is 9.51. The zero-order valence-corrected chi connectivity index (χ0v) is 16.6. The molecule has 1 fully saturated rings. The number of halogens is 1. The number of benzene rings is 2. The summed E-state index contributed by atoms with van der Waals surface area (Å²) in [6, 6.07) is 12.4. The predicted molar refractivity (Wildman–Crippen MR) is 108 cm³/mol. The molecule has 154 valence electrons. The zero-order chi connectivity index (χ0) is 20.8. The first-order valence-electron chi connectivity index (χ1n) is 9.25. The minimum Gasteiger partial charge on any atom is -0.341 e. The Morgan fingerprint density at radius 2 is 1.59 bits per heavy atom. The molecule has 7 nitrogen and oxygen atoms in total. The van der Waals surface area contributed by atoms with E-state index in [0.29, 0.717) is 49.4 Å². The Labute approximate surface area is 170 Å². The Kier molecular flexibility index (Phi) is 6.82. The highest BCUT2D eigenvalue weighted by molar-refractivity contribution is 7.73. The molecule has 3 rings (SSSR count). The highest BCUT2D eigenvalue weighted by Crippen LogP contribution is 2.15. The van der Waals surface area contributed by atoms with E-state index in [9.17, 15) is 22.4 Å². The Hall–Kier alpha value is -2.94. The first kappa shape index (κ1) is 20.8. The second-order valence-electron chi connectivity index (χ2n) is 6.74. The average molecular weight is 419 g/mol. The number of carbonyl (C=O) groups excluding carboxylic acids is 2. The fourth-order valence-electron chi connectivity index (χ4n) is 3.26. The third-order valence-electron chi connectivity index (χ3n) is 4.79. The Morgan fingerprint density at radius 1 is 0.931 bits per heavy atom. The monoisotopic (exact) mass is 419 g/mol. The minimum atomic E-state index is -2.76. The van der Waals surface area contributed by atoms with Crippen molar-refractivity contribution in [1.29, 1.82) is 0 Å². The predicted octanol–water partition coefficient (Wildman–Crippen LogP) is 1.68. The van der Waals surface area contributed by atoms with Crippen LogP contribution in [0.15, 0.2) is 48.5 Å². The smallest absolute Gasteiger partial charge is 0.253 e. The van der Waals surface area contributed by atoms with Crippen molar-refractivity contribution in [1.82, 2.24) is 9.80 Å². The number of nitrogens with one attached hydrogen (secondary N) is 1. The van der Waals surface area contributed by atoms with Gasteiger partial charge in [-0.2, -0.15) is 0 Å². The van der Waals surface area contributed by atoms with Gasteiger partial charge in [0.25, 0.3) is 5.91 Å². The SMILES string of the molecule is O=C(Cc1ccccc1F)N1CCCN(C(=O)c2ccc(N[SH](=O)=O)cc2)CC1. The van der Waals surface area contributed by atoms with Crippen molar-refractivity contribution in [3.05, 3.63) is 65.5 Å². The molecule has 1 N–H and O–H groups in total. The van der Waals surface area contributed by atoms with Crippen LogP contribution in [0.5, 0.6) is 0 Å². The van der Waals surface area contributed by atoms with E-state index in [4.69, 9.17) is 0 Å². The summed E-state index contributed by atoms with van der Waals surface area (Å²) in [6.45, 7) is 1.79. The van der Waals surface area contributed by atoms with Crippen molar-refractivity contribution < 1.29 is 22.4 Å². The van der Waals surface area contributed by atoms with Crippen molar-refractivity contribution in [2.45, 2.75) is 12.8 Å². The van der Waals surface area contributed by atoms with Crippen LogP contribution < -0.4 is 4.72 Å². The van der Waals surface area contributed by atoms with Crippen LogP contribution in [0.4, 0.5) is 10.1 Å². The summed E-state index contributed by atoms with van der Waals surface area (Å²) in [5.41, 5.74) is 1.20. The number of thiol groups is 1. The molecule has 2 amide bonds. The van der Waals surface area contributed by atoms with Crippen molar-refractivity contribution in [2.24, 2.45) is 0 Å². The van der Waals surface area contributed by atoms with Gasteiger partial charge in [-0.15, -0.1) is 0 Å². The molecule has 0 radical (unpaired) electrons. The Morgan fingerprint density at radius 3 is 2.28 bits per heavy atom. The molecule has 0 bridgehead atoms. The van der Waals surface area contributed by atoms with Gasteiger partial charge in [-0.3, -0.25) is 14.3 Å². The highest BCUT2D eigenvalue weighted by atomic mass is 32.2. The van der Waals surface area contributed by atoms with Crippen LogP contribution in [0.1, 0.15) is 22.3 Å². The first-order chi connectivity index (χ1) is 13.9. The van der Waals surface area contributed by atoms with Crippen LogP contribution in [0.2, 0.25) is 0 Å². The van der Waals surface area contributed by atoms with Crippen LogP contribution >= 0.6 is 0 Å². The molecular formula is C20H22FN3O4S. The minimum absolute atomic E-state index is 0.00293. The fraction of sp³-hybridized carbons (Fsp3) is 0.300. The van der Waals surface area contributed by atoms with Gasteiger partial charge in [-0.1, -0.05) is 18.2 Å². The molecule has 2 aromatic rings. The quantitative estimate of drug-likeness (QED) is 0.722. The molecule has 1 saturated heterocycles. The van der Waals surface area contributed by atoms with Gasteiger partial charge in [0.2, 0.25) is 16.8 Å². The van der Waals surface area contributed by atoms with E-state index < -0.39 is 16.7 Å². The maximum absolute atomic E-state index is 13.8. The molecule has 9 heteroatoms. The second-order valence-corrected chi connectivity index (χ2v) is 7.48. The largest absolute Gasteiger partial charge is 0.341 e. The summed E-state index contributed by atoms with van der Waals surface area (Å²) in [5.74, 6) is -0.732. The number of anilines is 1. The van der Waals surface area contributed by atoms with Crippen molar-refractivity contribution in [3.63, 3.8) is 0 Å². The zero-order valence-electron chi connectivity index (χ0n) is 15.7. The molecule has 0 spiro atoms. The maximum Gasteiger partial charge on any atom is 0.253 e. The lowest BCUT2D eigenvalue weighted by atomic mass is 10.1. The van der Waals surface area contributed by atoms with Crippen LogP contribution in [-0.2, 0) is 22.1 Å². The van der Waals surface area contributed by atoms with E-state index in [1.807, 2.05) is 0 Å². The molecule has 0 unspecified atom stereocenters. The van der Waals surface area contributed by atoms with Gasteiger partial charge in [-0.05, 0) is 42.3 Å². The summed E-state index contributed by atoms with van der Waals surface area (Å²) < 4.78 is 37.4. The third-order valence-corrected chi connectivity index (χ3v) is 5.23. The molecule has 0 aromatic heterocycles. The number of carbonyl (C=O) groups is 2. The molecule has 0 saturated carbocycles. The van der Waals surface area contributed by atoms with Crippen LogP contribution in [-0.4, -0.2) is 56.2 Å². The third kappa shape index (κ3) is 5.54. The molecule has 29 heavy (non-hydrogen) atoms. The molecule has 1 heterocycles. The average Bonchev–Trinajstić information content (AvgIpc) is 2.96. The molecular weight excluding hydrogens is 397 g/mol. The van der Waals surface area contributed by atoms with E-state index in [-0.39, 0.29) is 18.2 Å². The number of amides is 2. The van der Waals surface area contributed by atoms with E-state index in [1.165, 1.54) is 18.2 Å². The van der Waals surface area contributed by atoms with Crippen molar-refractivity contribution >= 4 is 28.4 Å². The highest BCUT2D eigenvalue weighted by Gasteiger charge is 2.23. The Balaban J connectivity index is 1.59. The number of hydrogen-bond acceptors (Lipinski definition) is 4. The topological polar surface area (TPSA) is 86.8 Å². The maximum atomic E-state index is 13.8. The summed E-state index contributed by atoms with van der Waals surface area (Å²) in [4.78, 5) is 28.6. The Bertz CT molecular complexity index is 954. The van der Waals surface area contributed by atoms with E-state index >= 15 is 0 Å². The van der Waals surface area contributed by atoms with Gasteiger partial charge in [-0.25, -0.2) is 12.8 Å². The summed E-state index contributed by atoms with van der Waals surface area (Å²) in [5, 5.41) is 0. The lowest BCUT2D eigenvalue weighted by molar-refractivity contribution is -0.130. The molecule has 1 aliphatic rings. The van der Waals surface area contributed by atoms with Gasteiger partial charge in [0.05, 0.1) is 6.42 Å². The van der Waals surface area contributed by atoms with Gasteiger partial charge < -0.3 is 9.80 Å². The van der Waals surface area contributed by atoms with Crippen molar-refractivity contribution in [2.75, 3.05) is 30.9 Å². The molecule has 0 atom stereocenters. The standard InChI is InChI=1S/C20H22FN3O4S/c21-18-5-2-1-4-16(18)14-19(25)23-10-3-11-24(13-12-23)20(26)15-6-8-17(9-7-15)22-29(27)28/h1-2,4-9,29H,3,10-14H2,(H,22,27,28). The van der Waals surface area contributed by atoms with Crippen LogP contribution in [0.3, 0.4) is 0 Å². The number of hydrogen-bond donors (Lipinski definition) is 2. The molecule has 0 aliphatic carbocycles. The summed E-state index contributed by atoms with van der Waals surface area (Å²) in [6.07, 6.45) is 0.627. The molecule has 2 aromatic carbocycles. The van der Waals surface area contributed by atoms with Gasteiger partial charge >= 0.3 is 0 Å². The van der Waals surface area contributed by atoms with E-state index in [0.717, 1.165) is 0 Å². The summed E-state index contributed by atoms with van der Waals surface area (Å²) in [7, 11) is -2.76. The number of rotatable bonds is 5. The van der Waals surface area contributed by atoms with Crippen LogP contribution in [0, 0.1) is 5.82 Å². The first-order valence-corrected chi connectivity index (χ1v) is 10.4. The van der Waals surface area contributed by atoms with Crippen LogP contribution in [0.25, 0.3) is 0 Å². The van der Waals surface area contributed by atoms with Gasteiger partial charge in [0.1, 0.15) is 5.82 Å². The van der Waals surface area contributed by atoms with Crippen molar-refractivity contribution in [3.8, 4) is 0 Å². The lowest BCUT2D eigenvalue weighted by Crippen LogP contribution is -2.38. The summed E-state index contributed by atoms with van der Waals surface area (Å²) >= 11 is 0. The van der Waals surface area contributed by atoms with E-state index in [2.05, 4.69) is 4.72 Å². The number of nitrogens with zero attached hydrogens (tertiary/aromatic N) is 2. The fourth-order valence-corrected chi connectivity index (χ4v) is 3.62. The van der Waals surface area contributed by atoms with Gasteiger partial charge in [0.15, 0.2) is 0 Å².